The minimum atomic E-state index is -3.27. The lowest BCUT2D eigenvalue weighted by Gasteiger charge is -2.24. The second-order valence-electron chi connectivity index (χ2n) is 4.82. The van der Waals surface area contributed by atoms with E-state index in [1.54, 1.807) is 6.20 Å². The first-order valence-corrected chi connectivity index (χ1v) is 7.02. The molecule has 2 rings (SSSR count). The summed E-state index contributed by atoms with van der Waals surface area (Å²) < 4.78 is 27.4. The van der Waals surface area contributed by atoms with Gasteiger partial charge in [-0.15, -0.1) is 0 Å². The van der Waals surface area contributed by atoms with E-state index in [2.05, 4.69) is 9.71 Å². The molecular weight excluding hydrogens is 238 g/mol. The Morgan fingerprint density at radius 2 is 2.12 bits per heavy atom. The van der Waals surface area contributed by atoms with Crippen LogP contribution >= 0.6 is 0 Å². The van der Waals surface area contributed by atoms with Gasteiger partial charge >= 0.3 is 0 Å². The van der Waals surface area contributed by atoms with Crippen molar-refractivity contribution in [2.45, 2.75) is 19.3 Å². The highest BCUT2D eigenvalue weighted by Crippen LogP contribution is 2.20. The summed E-state index contributed by atoms with van der Waals surface area (Å²) in [7, 11) is -3.27. The summed E-state index contributed by atoms with van der Waals surface area (Å²) in [6.45, 7) is 5.54. The van der Waals surface area contributed by atoms with E-state index in [1.807, 2.05) is 32.0 Å². The van der Waals surface area contributed by atoms with Crippen LogP contribution in [0.2, 0.25) is 0 Å². The van der Waals surface area contributed by atoms with Gasteiger partial charge in [0.2, 0.25) is 0 Å². The Hall–Kier alpha value is -0.980. The maximum atomic E-state index is 11.7. The lowest BCUT2D eigenvalue weighted by molar-refractivity contribution is 0.479. The Morgan fingerprint density at radius 3 is 2.65 bits per heavy atom. The molecule has 0 spiro atoms. The zero-order valence-electron chi connectivity index (χ0n) is 10.0. The van der Waals surface area contributed by atoms with E-state index < -0.39 is 10.2 Å². The molecule has 0 amide bonds. The molecule has 2 heterocycles. The molecule has 1 aromatic heterocycles. The molecular formula is C11H17N3O2S. The SMILES string of the molecule is CC(C)(CNS(=O)(=O)N1CC1)c1ccccn1. The van der Waals surface area contributed by atoms with Gasteiger partial charge in [0, 0.05) is 36.9 Å². The van der Waals surface area contributed by atoms with Crippen LogP contribution in [-0.2, 0) is 15.6 Å². The molecule has 0 atom stereocenters. The second kappa shape index (κ2) is 4.36. The number of pyridine rings is 1. The third-order valence-corrected chi connectivity index (χ3v) is 4.36. The second-order valence-corrected chi connectivity index (χ2v) is 6.58. The highest BCUT2D eigenvalue weighted by molar-refractivity contribution is 7.87. The molecule has 0 radical (unpaired) electrons. The van der Waals surface area contributed by atoms with Gasteiger partial charge in [0.15, 0.2) is 0 Å². The largest absolute Gasteiger partial charge is 0.279 e. The zero-order valence-corrected chi connectivity index (χ0v) is 10.9. The van der Waals surface area contributed by atoms with Crippen molar-refractivity contribution >= 4 is 10.2 Å². The summed E-state index contributed by atoms with van der Waals surface area (Å²) in [5, 5.41) is 0. The van der Waals surface area contributed by atoms with Gasteiger partial charge in [0.25, 0.3) is 10.2 Å². The summed E-state index contributed by atoms with van der Waals surface area (Å²) in [5.74, 6) is 0. The Labute approximate surface area is 102 Å². The number of aromatic nitrogens is 1. The molecule has 0 unspecified atom stereocenters. The molecule has 17 heavy (non-hydrogen) atoms. The number of rotatable bonds is 5. The summed E-state index contributed by atoms with van der Waals surface area (Å²) in [5.41, 5.74) is 0.568. The van der Waals surface area contributed by atoms with E-state index in [0.29, 0.717) is 19.6 Å². The fourth-order valence-corrected chi connectivity index (χ4v) is 2.79. The maximum absolute atomic E-state index is 11.7. The summed E-state index contributed by atoms with van der Waals surface area (Å²) in [4.78, 5) is 4.26. The van der Waals surface area contributed by atoms with Crippen LogP contribution in [0.4, 0.5) is 0 Å². The average Bonchev–Trinajstić information content (AvgIpc) is 3.12. The highest BCUT2D eigenvalue weighted by atomic mass is 32.2. The lowest BCUT2D eigenvalue weighted by atomic mass is 9.89. The fraction of sp³-hybridized carbons (Fsp3) is 0.545. The molecule has 0 aromatic carbocycles. The van der Waals surface area contributed by atoms with E-state index >= 15 is 0 Å². The molecule has 1 aliphatic heterocycles. The van der Waals surface area contributed by atoms with Gasteiger partial charge in [-0.1, -0.05) is 19.9 Å². The Bertz CT molecular complexity index is 481. The molecule has 1 saturated heterocycles. The van der Waals surface area contributed by atoms with Crippen molar-refractivity contribution in [3.05, 3.63) is 30.1 Å². The Balaban J connectivity index is 2.03. The lowest BCUT2D eigenvalue weighted by Crippen LogP contribution is -2.39. The van der Waals surface area contributed by atoms with Crippen molar-refractivity contribution in [3.63, 3.8) is 0 Å². The summed E-state index contributed by atoms with van der Waals surface area (Å²) in [6, 6.07) is 5.66. The third kappa shape index (κ3) is 3.02. The van der Waals surface area contributed by atoms with Gasteiger partial charge in [-0.2, -0.15) is 12.7 Å². The van der Waals surface area contributed by atoms with Gasteiger partial charge in [0.1, 0.15) is 0 Å². The number of hydrogen-bond donors (Lipinski definition) is 1. The Morgan fingerprint density at radius 1 is 1.41 bits per heavy atom. The highest BCUT2D eigenvalue weighted by Gasteiger charge is 2.33. The van der Waals surface area contributed by atoms with Gasteiger partial charge in [-0.3, -0.25) is 4.98 Å². The zero-order chi connectivity index (χ0) is 12.5. The summed E-state index contributed by atoms with van der Waals surface area (Å²) >= 11 is 0. The molecule has 0 saturated carbocycles. The van der Waals surface area contributed by atoms with Crippen molar-refractivity contribution in [1.82, 2.24) is 14.0 Å². The van der Waals surface area contributed by atoms with Gasteiger partial charge in [-0.25, -0.2) is 4.72 Å². The fourth-order valence-electron chi connectivity index (χ4n) is 1.50. The van der Waals surface area contributed by atoms with Crippen LogP contribution in [0.5, 0.6) is 0 Å². The molecule has 1 fully saturated rings. The van der Waals surface area contributed by atoms with Crippen molar-refractivity contribution in [3.8, 4) is 0 Å². The predicted molar refractivity (Wildman–Crippen MR) is 65.8 cm³/mol. The van der Waals surface area contributed by atoms with E-state index in [4.69, 9.17) is 0 Å². The molecule has 1 N–H and O–H groups in total. The quantitative estimate of drug-likeness (QED) is 0.780. The normalized spacial score (nSPS) is 17.1. The first-order valence-electron chi connectivity index (χ1n) is 5.58. The monoisotopic (exact) mass is 255 g/mol. The van der Waals surface area contributed by atoms with Gasteiger partial charge in [-0.05, 0) is 12.1 Å². The van der Waals surface area contributed by atoms with Crippen molar-refractivity contribution in [2.75, 3.05) is 19.6 Å². The standard InChI is InChI=1S/C11H17N3O2S/c1-11(2,10-5-3-4-6-12-10)9-13-17(15,16)14-7-8-14/h3-6,13H,7-9H2,1-2H3. The van der Waals surface area contributed by atoms with Crippen LogP contribution in [0.15, 0.2) is 24.4 Å². The molecule has 1 aliphatic rings. The van der Waals surface area contributed by atoms with E-state index in [9.17, 15) is 8.42 Å². The molecule has 0 aliphatic carbocycles. The maximum Gasteiger partial charge on any atom is 0.279 e. The van der Waals surface area contributed by atoms with E-state index in [-0.39, 0.29) is 5.41 Å². The molecule has 5 nitrogen and oxygen atoms in total. The molecule has 6 heteroatoms. The average molecular weight is 255 g/mol. The van der Waals surface area contributed by atoms with Crippen LogP contribution < -0.4 is 4.72 Å². The first-order chi connectivity index (χ1) is 7.92. The molecule has 1 aromatic rings. The van der Waals surface area contributed by atoms with Crippen LogP contribution in [0.25, 0.3) is 0 Å². The predicted octanol–water partition coefficient (Wildman–Crippen LogP) is 0.509. The van der Waals surface area contributed by atoms with E-state index in [1.165, 1.54) is 4.31 Å². The van der Waals surface area contributed by atoms with E-state index in [0.717, 1.165) is 5.69 Å². The Kier molecular flexibility index (Phi) is 3.20. The minimum Gasteiger partial charge on any atom is -0.261 e. The van der Waals surface area contributed by atoms with Crippen molar-refractivity contribution < 1.29 is 8.42 Å². The molecule has 0 bridgehead atoms. The summed E-state index contributed by atoms with van der Waals surface area (Å²) in [6.07, 6.45) is 1.72. The number of hydrogen-bond acceptors (Lipinski definition) is 3. The topological polar surface area (TPSA) is 62.1 Å². The van der Waals surface area contributed by atoms with Crippen molar-refractivity contribution in [1.29, 1.82) is 0 Å². The van der Waals surface area contributed by atoms with Crippen molar-refractivity contribution in [2.24, 2.45) is 0 Å². The van der Waals surface area contributed by atoms with Gasteiger partial charge in [0.05, 0.1) is 0 Å². The van der Waals surface area contributed by atoms with Crippen LogP contribution in [0.1, 0.15) is 19.5 Å². The number of nitrogens with zero attached hydrogens (tertiary/aromatic N) is 2. The smallest absolute Gasteiger partial charge is 0.261 e. The first kappa shape index (κ1) is 12.5. The minimum absolute atomic E-state index is 0.315. The van der Waals surface area contributed by atoms with Crippen LogP contribution in [-0.4, -0.2) is 37.3 Å². The third-order valence-electron chi connectivity index (χ3n) is 2.80. The van der Waals surface area contributed by atoms with Gasteiger partial charge < -0.3 is 0 Å². The number of nitrogens with one attached hydrogen (secondary N) is 1. The van der Waals surface area contributed by atoms with Crippen LogP contribution in [0, 0.1) is 0 Å². The van der Waals surface area contributed by atoms with Crippen LogP contribution in [0.3, 0.4) is 0 Å². The molecule has 94 valence electrons.